The first-order valence-corrected chi connectivity index (χ1v) is 6.32. The number of anilines is 2. The Morgan fingerprint density at radius 3 is 2.84 bits per heavy atom. The Labute approximate surface area is 114 Å². The van der Waals surface area contributed by atoms with Crippen molar-refractivity contribution >= 4 is 17.3 Å². The van der Waals surface area contributed by atoms with Gasteiger partial charge in [-0.2, -0.15) is 0 Å². The van der Waals surface area contributed by atoms with Crippen molar-refractivity contribution < 1.29 is 14.3 Å². The Balaban J connectivity index is 2.47. The van der Waals surface area contributed by atoms with Gasteiger partial charge in [0.1, 0.15) is 6.10 Å². The molecule has 3 N–H and O–H groups in total. The number of ether oxygens (including phenoxy) is 2. The van der Waals surface area contributed by atoms with Gasteiger partial charge in [-0.1, -0.05) is 6.07 Å². The number of benzene rings is 1. The minimum atomic E-state index is -0.502. The van der Waals surface area contributed by atoms with Crippen LogP contribution in [-0.4, -0.2) is 32.3 Å². The van der Waals surface area contributed by atoms with Crippen molar-refractivity contribution in [1.29, 1.82) is 0 Å². The van der Waals surface area contributed by atoms with Gasteiger partial charge in [0.25, 0.3) is 5.91 Å². The summed E-state index contributed by atoms with van der Waals surface area (Å²) >= 11 is 0. The largest absolute Gasteiger partial charge is 0.399 e. The van der Waals surface area contributed by atoms with E-state index in [9.17, 15) is 4.79 Å². The van der Waals surface area contributed by atoms with Crippen molar-refractivity contribution in [2.75, 3.05) is 31.4 Å². The minimum Gasteiger partial charge on any atom is -0.399 e. The summed E-state index contributed by atoms with van der Waals surface area (Å²) < 4.78 is 10.3. The average Bonchev–Trinajstić information content (AvgIpc) is 2.38. The molecule has 1 rings (SSSR count). The molecule has 0 aromatic heterocycles. The van der Waals surface area contributed by atoms with E-state index in [2.05, 4.69) is 5.32 Å². The summed E-state index contributed by atoms with van der Waals surface area (Å²) in [6.07, 6.45) is 0.267. The quantitative estimate of drug-likeness (QED) is 0.584. The van der Waals surface area contributed by atoms with Crippen LogP contribution in [0.2, 0.25) is 0 Å². The van der Waals surface area contributed by atoms with Crippen LogP contribution in [0.4, 0.5) is 11.4 Å². The van der Waals surface area contributed by atoms with Gasteiger partial charge < -0.3 is 20.5 Å². The van der Waals surface area contributed by atoms with Crippen LogP contribution in [0.5, 0.6) is 0 Å². The van der Waals surface area contributed by atoms with Crippen molar-refractivity contribution in [1.82, 2.24) is 0 Å². The van der Waals surface area contributed by atoms with Gasteiger partial charge in [0.15, 0.2) is 0 Å². The number of hydrogen-bond donors (Lipinski definition) is 2. The highest BCUT2D eigenvalue weighted by Gasteiger charge is 2.14. The number of amides is 1. The highest BCUT2D eigenvalue weighted by Crippen LogP contribution is 2.18. The van der Waals surface area contributed by atoms with Crippen molar-refractivity contribution in [2.24, 2.45) is 0 Å². The van der Waals surface area contributed by atoms with E-state index in [1.807, 2.05) is 13.0 Å². The summed E-state index contributed by atoms with van der Waals surface area (Å²) in [5, 5.41) is 2.82. The first-order valence-electron chi connectivity index (χ1n) is 6.32. The van der Waals surface area contributed by atoms with Crippen LogP contribution in [0.25, 0.3) is 0 Å². The molecular formula is C14H22N2O3. The van der Waals surface area contributed by atoms with Crippen molar-refractivity contribution in [3.8, 4) is 0 Å². The number of methoxy groups -OCH3 is 1. The molecular weight excluding hydrogens is 244 g/mol. The smallest absolute Gasteiger partial charge is 0.253 e. The van der Waals surface area contributed by atoms with Crippen LogP contribution >= 0.6 is 0 Å². The zero-order valence-corrected chi connectivity index (χ0v) is 11.7. The lowest BCUT2D eigenvalue weighted by atomic mass is 10.2. The molecule has 1 atom stereocenters. The maximum Gasteiger partial charge on any atom is 0.253 e. The molecule has 0 spiro atoms. The molecule has 1 unspecified atom stereocenters. The fraction of sp³-hybridized carbons (Fsp3) is 0.500. The zero-order chi connectivity index (χ0) is 14.3. The summed E-state index contributed by atoms with van der Waals surface area (Å²) in [6, 6.07) is 5.41. The minimum absolute atomic E-state index is 0.175. The predicted octanol–water partition coefficient (Wildman–Crippen LogP) is 1.96. The summed E-state index contributed by atoms with van der Waals surface area (Å²) in [5.74, 6) is -0.175. The molecule has 0 saturated carbocycles. The fourth-order valence-electron chi connectivity index (χ4n) is 1.55. The number of aryl methyl sites for hydroxylation is 1. The van der Waals surface area contributed by atoms with E-state index in [1.165, 1.54) is 0 Å². The molecule has 0 heterocycles. The number of nitrogens with one attached hydrogen (secondary N) is 1. The molecule has 106 valence electrons. The normalized spacial score (nSPS) is 12.2. The van der Waals surface area contributed by atoms with Gasteiger partial charge in [0, 0.05) is 31.7 Å². The van der Waals surface area contributed by atoms with E-state index in [0.717, 1.165) is 17.7 Å². The average molecular weight is 266 g/mol. The highest BCUT2D eigenvalue weighted by atomic mass is 16.5. The second-order valence-corrected chi connectivity index (χ2v) is 4.42. The molecule has 5 heteroatoms. The van der Waals surface area contributed by atoms with E-state index in [-0.39, 0.29) is 5.91 Å². The summed E-state index contributed by atoms with van der Waals surface area (Å²) in [4.78, 5) is 11.9. The fourth-order valence-corrected chi connectivity index (χ4v) is 1.55. The molecule has 1 aromatic carbocycles. The van der Waals surface area contributed by atoms with E-state index < -0.39 is 6.10 Å². The van der Waals surface area contributed by atoms with Crippen LogP contribution in [0.15, 0.2) is 18.2 Å². The Hall–Kier alpha value is -1.59. The third-order valence-electron chi connectivity index (χ3n) is 2.75. The van der Waals surface area contributed by atoms with Gasteiger partial charge in [-0.3, -0.25) is 4.79 Å². The van der Waals surface area contributed by atoms with E-state index >= 15 is 0 Å². The summed E-state index contributed by atoms with van der Waals surface area (Å²) in [6.45, 7) is 4.77. The van der Waals surface area contributed by atoms with Gasteiger partial charge in [-0.05, 0) is 38.0 Å². The molecule has 19 heavy (non-hydrogen) atoms. The lowest BCUT2D eigenvalue weighted by Gasteiger charge is -2.15. The van der Waals surface area contributed by atoms with Gasteiger partial charge in [0.2, 0.25) is 0 Å². The zero-order valence-electron chi connectivity index (χ0n) is 11.7. The topological polar surface area (TPSA) is 73.6 Å². The first-order chi connectivity index (χ1) is 9.04. The van der Waals surface area contributed by atoms with Crippen LogP contribution < -0.4 is 11.1 Å². The number of hydrogen-bond acceptors (Lipinski definition) is 4. The second kappa shape index (κ2) is 7.76. The predicted molar refractivity (Wildman–Crippen MR) is 76.1 cm³/mol. The second-order valence-electron chi connectivity index (χ2n) is 4.42. The van der Waals surface area contributed by atoms with Gasteiger partial charge >= 0.3 is 0 Å². The molecule has 0 bridgehead atoms. The standard InChI is InChI=1S/C14H22N2O3/c1-10-5-6-12(15)9-13(10)16-14(17)11(2)19-8-4-7-18-3/h5-6,9,11H,4,7-8,15H2,1-3H3,(H,16,17). The monoisotopic (exact) mass is 266 g/mol. The Morgan fingerprint density at radius 2 is 2.16 bits per heavy atom. The van der Waals surface area contributed by atoms with Crippen molar-refractivity contribution in [2.45, 2.75) is 26.4 Å². The third kappa shape index (κ3) is 5.28. The first kappa shape index (κ1) is 15.5. The van der Waals surface area contributed by atoms with Crippen LogP contribution in [0.1, 0.15) is 18.9 Å². The SMILES string of the molecule is COCCCOC(C)C(=O)Nc1cc(N)ccc1C. The molecule has 0 aliphatic carbocycles. The number of rotatable bonds is 7. The molecule has 0 aliphatic rings. The highest BCUT2D eigenvalue weighted by molar-refractivity contribution is 5.95. The number of carbonyl (C=O) groups is 1. The molecule has 0 aliphatic heterocycles. The van der Waals surface area contributed by atoms with Crippen LogP contribution in [0.3, 0.4) is 0 Å². The number of carbonyl (C=O) groups excluding carboxylic acids is 1. The van der Waals surface area contributed by atoms with E-state index in [1.54, 1.807) is 26.2 Å². The van der Waals surface area contributed by atoms with E-state index in [4.69, 9.17) is 15.2 Å². The number of nitrogens with two attached hydrogens (primary N) is 1. The summed E-state index contributed by atoms with van der Waals surface area (Å²) in [5.41, 5.74) is 8.00. The summed E-state index contributed by atoms with van der Waals surface area (Å²) in [7, 11) is 1.64. The molecule has 5 nitrogen and oxygen atoms in total. The molecule has 0 radical (unpaired) electrons. The van der Waals surface area contributed by atoms with Crippen molar-refractivity contribution in [3.63, 3.8) is 0 Å². The Morgan fingerprint density at radius 1 is 1.42 bits per heavy atom. The van der Waals surface area contributed by atoms with Crippen molar-refractivity contribution in [3.05, 3.63) is 23.8 Å². The van der Waals surface area contributed by atoms with Crippen LogP contribution in [-0.2, 0) is 14.3 Å². The lowest BCUT2D eigenvalue weighted by Crippen LogP contribution is -2.28. The molecule has 0 fully saturated rings. The van der Waals surface area contributed by atoms with Crippen LogP contribution in [0, 0.1) is 6.92 Å². The van der Waals surface area contributed by atoms with Gasteiger partial charge in [-0.25, -0.2) is 0 Å². The maximum absolute atomic E-state index is 11.9. The molecule has 1 aromatic rings. The van der Waals surface area contributed by atoms with Gasteiger partial charge in [0.05, 0.1) is 0 Å². The lowest BCUT2D eigenvalue weighted by molar-refractivity contribution is -0.126. The Bertz CT molecular complexity index is 421. The van der Waals surface area contributed by atoms with E-state index in [0.29, 0.717) is 18.9 Å². The Kier molecular flexibility index (Phi) is 6.32. The third-order valence-corrected chi connectivity index (χ3v) is 2.75. The van der Waals surface area contributed by atoms with Gasteiger partial charge in [-0.15, -0.1) is 0 Å². The maximum atomic E-state index is 11.9. The molecule has 1 amide bonds. The number of nitrogen functional groups attached to an aromatic ring is 1. The molecule has 0 saturated heterocycles.